The first-order valence-corrected chi connectivity index (χ1v) is 12.3. The summed E-state index contributed by atoms with van der Waals surface area (Å²) in [6.07, 6.45) is 0.575. The van der Waals surface area contributed by atoms with E-state index in [9.17, 15) is 13.2 Å². The van der Waals surface area contributed by atoms with Crippen LogP contribution in [0.4, 0.5) is 5.69 Å². The molecule has 0 radical (unpaired) electrons. The van der Waals surface area contributed by atoms with Crippen LogP contribution in [-0.4, -0.2) is 26.5 Å². The number of aryl methyl sites for hydroxylation is 1. The van der Waals surface area contributed by atoms with Crippen LogP contribution in [0.15, 0.2) is 83.8 Å². The summed E-state index contributed by atoms with van der Waals surface area (Å²) in [5.74, 6) is 0.362. The summed E-state index contributed by atoms with van der Waals surface area (Å²) in [4.78, 5) is 13.3. The minimum Gasteiger partial charge on any atom is -0.487 e. The van der Waals surface area contributed by atoms with Crippen LogP contribution in [0.25, 0.3) is 0 Å². The predicted octanol–water partition coefficient (Wildman–Crippen LogP) is 4.61. The molecule has 0 aliphatic carbocycles. The van der Waals surface area contributed by atoms with Gasteiger partial charge in [-0.15, -0.1) is 0 Å². The Bertz CT molecular complexity index is 1240. The van der Waals surface area contributed by atoms with Gasteiger partial charge in [0.05, 0.1) is 16.6 Å². The van der Waals surface area contributed by atoms with E-state index < -0.39 is 15.6 Å². The number of carbonyl (C=O) groups excluding carboxylic acids is 1. The molecule has 1 unspecified atom stereocenters. The van der Waals surface area contributed by atoms with Gasteiger partial charge in [-0.3, -0.25) is 9.10 Å². The van der Waals surface area contributed by atoms with Crippen LogP contribution in [0.1, 0.15) is 37.4 Å². The molecule has 6 nitrogen and oxygen atoms in total. The summed E-state index contributed by atoms with van der Waals surface area (Å²) in [6, 6.07) is 22.4. The number of fused-ring (bicyclic) bond motifs is 1. The number of anilines is 1. The second-order valence-electron chi connectivity index (χ2n) is 8.89. The summed E-state index contributed by atoms with van der Waals surface area (Å²) in [5, 5.41) is 3.05. The SMILES string of the molecule is Cc1ccc2c(c1)OC(C)(C)CC2NC(=O)CN(c1ccccc1)S(=O)(=O)c1ccccc1. The number of hydrogen-bond donors (Lipinski definition) is 1. The molecule has 0 saturated carbocycles. The number of para-hydroxylation sites is 1. The number of nitrogens with zero attached hydrogens (tertiary/aromatic N) is 1. The standard InChI is InChI=1S/C26H28N2O4S/c1-19-14-15-22-23(17-26(2,3)32-24(22)16-19)27-25(29)18-28(20-10-6-4-7-11-20)33(30,31)21-12-8-5-9-13-21/h4-16,23H,17-18H2,1-3H3,(H,27,29). The zero-order valence-corrected chi connectivity index (χ0v) is 19.8. The third-order valence-electron chi connectivity index (χ3n) is 5.62. The van der Waals surface area contributed by atoms with Crippen LogP contribution in [-0.2, 0) is 14.8 Å². The fraction of sp³-hybridized carbons (Fsp3) is 0.269. The Kier molecular flexibility index (Phi) is 6.17. The van der Waals surface area contributed by atoms with Crippen molar-refractivity contribution in [2.45, 2.75) is 43.7 Å². The Balaban J connectivity index is 1.62. The number of carbonyl (C=O) groups is 1. The van der Waals surface area contributed by atoms with Crippen LogP contribution in [0.2, 0.25) is 0 Å². The predicted molar refractivity (Wildman–Crippen MR) is 129 cm³/mol. The number of nitrogens with one attached hydrogen (secondary N) is 1. The summed E-state index contributed by atoms with van der Waals surface area (Å²) in [7, 11) is -3.93. The number of ether oxygens (including phenoxy) is 1. The summed E-state index contributed by atoms with van der Waals surface area (Å²) in [5.41, 5.74) is 1.93. The van der Waals surface area contributed by atoms with Crippen LogP contribution >= 0.6 is 0 Å². The lowest BCUT2D eigenvalue weighted by Gasteiger charge is -2.38. The summed E-state index contributed by atoms with van der Waals surface area (Å²) >= 11 is 0. The molecule has 172 valence electrons. The Morgan fingerprint density at radius 3 is 2.33 bits per heavy atom. The molecule has 0 bridgehead atoms. The molecule has 7 heteroatoms. The highest BCUT2D eigenvalue weighted by Crippen LogP contribution is 2.40. The molecule has 1 aliphatic heterocycles. The van der Waals surface area contributed by atoms with Crippen molar-refractivity contribution in [3.05, 3.63) is 90.0 Å². The van der Waals surface area contributed by atoms with E-state index >= 15 is 0 Å². The van der Waals surface area contributed by atoms with E-state index in [1.54, 1.807) is 48.5 Å². The van der Waals surface area contributed by atoms with E-state index in [1.807, 2.05) is 39.0 Å². The molecule has 0 spiro atoms. The maximum absolute atomic E-state index is 13.4. The summed E-state index contributed by atoms with van der Waals surface area (Å²) < 4.78 is 34.1. The van der Waals surface area contributed by atoms with Crippen molar-refractivity contribution in [3.8, 4) is 5.75 Å². The summed E-state index contributed by atoms with van der Waals surface area (Å²) in [6.45, 7) is 5.62. The van der Waals surface area contributed by atoms with Crippen molar-refractivity contribution in [3.63, 3.8) is 0 Å². The van der Waals surface area contributed by atoms with E-state index in [2.05, 4.69) is 5.32 Å². The third-order valence-corrected chi connectivity index (χ3v) is 7.41. The highest BCUT2D eigenvalue weighted by molar-refractivity contribution is 7.92. The number of benzene rings is 3. The molecule has 1 N–H and O–H groups in total. The Labute approximate surface area is 195 Å². The van der Waals surface area contributed by atoms with Crippen molar-refractivity contribution >= 4 is 21.6 Å². The van der Waals surface area contributed by atoms with Crippen LogP contribution in [0.5, 0.6) is 5.75 Å². The molecule has 0 aromatic heterocycles. The molecular weight excluding hydrogens is 436 g/mol. The van der Waals surface area contributed by atoms with Crippen molar-refractivity contribution in [1.29, 1.82) is 0 Å². The molecule has 0 fully saturated rings. The number of amides is 1. The molecule has 1 atom stereocenters. The van der Waals surface area contributed by atoms with Crippen LogP contribution < -0.4 is 14.4 Å². The van der Waals surface area contributed by atoms with Gasteiger partial charge in [0.1, 0.15) is 17.9 Å². The fourth-order valence-corrected chi connectivity index (χ4v) is 5.53. The van der Waals surface area contributed by atoms with Gasteiger partial charge in [0.15, 0.2) is 0 Å². The maximum Gasteiger partial charge on any atom is 0.264 e. The highest BCUT2D eigenvalue weighted by atomic mass is 32.2. The van der Waals surface area contributed by atoms with Gasteiger partial charge in [0.2, 0.25) is 5.91 Å². The largest absolute Gasteiger partial charge is 0.487 e. The van der Waals surface area contributed by atoms with Gasteiger partial charge in [-0.25, -0.2) is 8.42 Å². The molecule has 3 aromatic carbocycles. The zero-order valence-electron chi connectivity index (χ0n) is 19.0. The van der Waals surface area contributed by atoms with Crippen molar-refractivity contribution in [2.24, 2.45) is 0 Å². The smallest absolute Gasteiger partial charge is 0.264 e. The molecule has 1 amide bonds. The van der Waals surface area contributed by atoms with Crippen LogP contribution in [0, 0.1) is 6.92 Å². The quantitative estimate of drug-likeness (QED) is 0.578. The molecule has 3 aromatic rings. The molecular formula is C26H28N2O4S. The third kappa shape index (κ3) is 5.03. The lowest BCUT2D eigenvalue weighted by Crippen LogP contribution is -2.45. The second-order valence-corrected chi connectivity index (χ2v) is 10.7. The van der Waals surface area contributed by atoms with Gasteiger partial charge in [0.25, 0.3) is 10.0 Å². The van der Waals surface area contributed by atoms with Gasteiger partial charge in [-0.2, -0.15) is 0 Å². The van der Waals surface area contributed by atoms with E-state index in [-0.39, 0.29) is 23.4 Å². The first-order chi connectivity index (χ1) is 15.7. The molecule has 4 rings (SSSR count). The normalized spacial score (nSPS) is 16.9. The molecule has 1 heterocycles. The average molecular weight is 465 g/mol. The first-order valence-electron chi connectivity index (χ1n) is 10.9. The zero-order chi connectivity index (χ0) is 23.6. The molecule has 1 aliphatic rings. The number of sulfonamides is 1. The van der Waals surface area contributed by atoms with E-state index in [1.165, 1.54) is 12.1 Å². The van der Waals surface area contributed by atoms with Gasteiger partial charge in [-0.1, -0.05) is 48.5 Å². The Hall–Kier alpha value is -3.32. The van der Waals surface area contributed by atoms with E-state index in [0.717, 1.165) is 21.2 Å². The fourth-order valence-electron chi connectivity index (χ4n) is 4.09. The van der Waals surface area contributed by atoms with Crippen LogP contribution in [0.3, 0.4) is 0 Å². The first kappa shape index (κ1) is 22.9. The maximum atomic E-state index is 13.4. The highest BCUT2D eigenvalue weighted by Gasteiger charge is 2.35. The minimum atomic E-state index is -3.93. The second kappa shape index (κ2) is 8.90. The lowest BCUT2D eigenvalue weighted by atomic mass is 9.89. The monoisotopic (exact) mass is 464 g/mol. The van der Waals surface area contributed by atoms with E-state index in [0.29, 0.717) is 12.1 Å². The van der Waals surface area contributed by atoms with Gasteiger partial charge in [0, 0.05) is 12.0 Å². The van der Waals surface area contributed by atoms with Gasteiger partial charge < -0.3 is 10.1 Å². The van der Waals surface area contributed by atoms with Crippen molar-refractivity contribution < 1.29 is 17.9 Å². The Morgan fingerprint density at radius 1 is 1.03 bits per heavy atom. The lowest BCUT2D eigenvalue weighted by molar-refractivity contribution is -0.120. The van der Waals surface area contributed by atoms with Gasteiger partial charge in [-0.05, 0) is 56.7 Å². The Morgan fingerprint density at radius 2 is 1.67 bits per heavy atom. The number of hydrogen-bond acceptors (Lipinski definition) is 4. The number of rotatable bonds is 6. The molecule has 0 saturated heterocycles. The minimum absolute atomic E-state index is 0.134. The molecule has 33 heavy (non-hydrogen) atoms. The van der Waals surface area contributed by atoms with Crippen molar-refractivity contribution in [1.82, 2.24) is 5.32 Å². The topological polar surface area (TPSA) is 75.7 Å². The average Bonchev–Trinajstić information content (AvgIpc) is 2.77. The van der Waals surface area contributed by atoms with Gasteiger partial charge >= 0.3 is 0 Å². The van der Waals surface area contributed by atoms with E-state index in [4.69, 9.17) is 4.74 Å². The van der Waals surface area contributed by atoms with Crippen molar-refractivity contribution in [2.75, 3.05) is 10.8 Å².